The maximum atomic E-state index is 10.7. The van der Waals surface area contributed by atoms with Gasteiger partial charge in [-0.15, -0.1) is 0 Å². The highest BCUT2D eigenvalue weighted by molar-refractivity contribution is 5.98. The quantitative estimate of drug-likeness (QED) is 0.404. The highest BCUT2D eigenvalue weighted by Gasteiger charge is 2.55. The van der Waals surface area contributed by atoms with E-state index in [2.05, 4.69) is 45.1 Å². The molecule has 5 atom stereocenters. The summed E-state index contributed by atoms with van der Waals surface area (Å²) in [5.41, 5.74) is 4.94. The summed E-state index contributed by atoms with van der Waals surface area (Å²) in [6.07, 6.45) is 12.2. The molecular weight excluding hydrogens is 548 g/mol. The van der Waals surface area contributed by atoms with Crippen LogP contribution in [0.3, 0.4) is 0 Å². The lowest BCUT2D eigenvalue weighted by atomic mass is 9.90. The van der Waals surface area contributed by atoms with Gasteiger partial charge >= 0.3 is 6.01 Å². The molecule has 0 radical (unpaired) electrons. The van der Waals surface area contributed by atoms with Gasteiger partial charge in [-0.2, -0.15) is 9.97 Å². The van der Waals surface area contributed by atoms with Crippen molar-refractivity contribution in [1.82, 2.24) is 20.2 Å². The van der Waals surface area contributed by atoms with Gasteiger partial charge < -0.3 is 25.0 Å². The Morgan fingerprint density at radius 1 is 1.02 bits per heavy atom. The molecule has 2 N–H and O–H groups in total. The molecule has 9 rings (SSSR count). The zero-order valence-corrected chi connectivity index (χ0v) is 26.1. The summed E-state index contributed by atoms with van der Waals surface area (Å²) >= 11 is 0. The van der Waals surface area contributed by atoms with E-state index in [4.69, 9.17) is 14.7 Å². The Kier molecular flexibility index (Phi) is 6.49. The third kappa shape index (κ3) is 4.38. The fourth-order valence-corrected chi connectivity index (χ4v) is 10.2. The average molecular weight is 595 g/mol. The van der Waals surface area contributed by atoms with Gasteiger partial charge in [-0.3, -0.25) is 4.90 Å². The lowest BCUT2D eigenvalue weighted by Gasteiger charge is -2.38. The Bertz CT molecular complexity index is 1580. The Labute approximate surface area is 260 Å². The average Bonchev–Trinajstić information content (AvgIpc) is 3.80. The lowest BCUT2D eigenvalue weighted by molar-refractivity contribution is 0.0829. The lowest BCUT2D eigenvalue weighted by Crippen LogP contribution is -2.52. The van der Waals surface area contributed by atoms with Gasteiger partial charge in [0.1, 0.15) is 18.2 Å². The van der Waals surface area contributed by atoms with Gasteiger partial charge in [-0.1, -0.05) is 31.5 Å². The number of ether oxygens (including phenoxy) is 1. The molecule has 5 fully saturated rings. The first-order valence-electron chi connectivity index (χ1n) is 17.4. The monoisotopic (exact) mass is 594 g/mol. The molecule has 6 heterocycles. The zero-order chi connectivity index (χ0) is 29.4. The second-order valence-corrected chi connectivity index (χ2v) is 14.6. The second kappa shape index (κ2) is 10.5. The maximum Gasteiger partial charge on any atom is 0.318 e. The van der Waals surface area contributed by atoms with Gasteiger partial charge in [-0.05, 0) is 87.3 Å². The Balaban J connectivity index is 1.07. The molecule has 232 valence electrons. The van der Waals surface area contributed by atoms with Crippen LogP contribution in [-0.4, -0.2) is 76.4 Å². The van der Waals surface area contributed by atoms with Crippen LogP contribution in [0.25, 0.3) is 10.8 Å². The predicted octanol–water partition coefficient (Wildman–Crippen LogP) is 5.19. The molecule has 8 heteroatoms. The minimum Gasteiger partial charge on any atom is -0.508 e. The number of aromatic nitrogens is 2. The predicted molar refractivity (Wildman–Crippen MR) is 174 cm³/mol. The van der Waals surface area contributed by atoms with Crippen molar-refractivity contribution in [3.8, 4) is 11.8 Å². The first-order valence-corrected chi connectivity index (χ1v) is 17.4. The van der Waals surface area contributed by atoms with Crippen molar-refractivity contribution in [2.75, 3.05) is 42.6 Å². The summed E-state index contributed by atoms with van der Waals surface area (Å²) in [5.74, 6) is 2.26. The Morgan fingerprint density at radius 2 is 1.91 bits per heavy atom. The number of hydrogen-bond acceptors (Lipinski definition) is 8. The number of aryl methyl sites for hydroxylation is 1. The number of hydrogen-bond donors (Lipinski definition) is 2. The number of nitrogens with one attached hydrogen (secondary N) is 1. The van der Waals surface area contributed by atoms with E-state index in [0.717, 1.165) is 67.0 Å². The summed E-state index contributed by atoms with van der Waals surface area (Å²) in [7, 11) is 0. The molecule has 1 aromatic heterocycles. The molecule has 8 nitrogen and oxygen atoms in total. The SMILES string of the molecule is CCc1cccc2cc(O)cc(N3CCc4c(nc(OC[C@]56CCCN5[C@H]5CCC[C@H]5C6)nc4N4CC5CCC(C4)N5)C3)c12. The van der Waals surface area contributed by atoms with E-state index < -0.39 is 0 Å². The second-order valence-electron chi connectivity index (χ2n) is 14.6. The van der Waals surface area contributed by atoms with Crippen LogP contribution in [0.2, 0.25) is 0 Å². The number of phenols is 1. The minimum atomic E-state index is 0.159. The van der Waals surface area contributed by atoms with Crippen LogP contribution in [0.5, 0.6) is 11.8 Å². The minimum absolute atomic E-state index is 0.159. The maximum absolute atomic E-state index is 10.7. The number of phenolic OH excluding ortho intramolecular Hbond substituents is 1. The van der Waals surface area contributed by atoms with Crippen LogP contribution in [-0.2, 0) is 19.4 Å². The van der Waals surface area contributed by atoms with Crippen molar-refractivity contribution in [1.29, 1.82) is 0 Å². The van der Waals surface area contributed by atoms with Crippen molar-refractivity contribution in [3.63, 3.8) is 0 Å². The van der Waals surface area contributed by atoms with Crippen LogP contribution in [0.4, 0.5) is 11.5 Å². The number of anilines is 2. The van der Waals surface area contributed by atoms with E-state index in [0.29, 0.717) is 37.0 Å². The topological polar surface area (TPSA) is 77.0 Å². The van der Waals surface area contributed by atoms with Crippen molar-refractivity contribution >= 4 is 22.3 Å². The molecule has 0 spiro atoms. The van der Waals surface area contributed by atoms with Crippen molar-refractivity contribution < 1.29 is 9.84 Å². The van der Waals surface area contributed by atoms with Gasteiger partial charge in [-0.25, -0.2) is 0 Å². The fraction of sp³-hybridized carbons (Fsp3) is 0.611. The van der Waals surface area contributed by atoms with Crippen LogP contribution >= 0.6 is 0 Å². The van der Waals surface area contributed by atoms with Gasteiger partial charge in [0.05, 0.1) is 17.8 Å². The van der Waals surface area contributed by atoms with E-state index in [1.807, 2.05) is 12.1 Å². The molecule has 3 aromatic rings. The molecule has 2 aromatic carbocycles. The number of rotatable bonds is 6. The van der Waals surface area contributed by atoms with Gasteiger partial charge in [0.25, 0.3) is 0 Å². The third-order valence-corrected chi connectivity index (χ3v) is 12.1. The van der Waals surface area contributed by atoms with Gasteiger partial charge in [0.2, 0.25) is 0 Å². The third-order valence-electron chi connectivity index (χ3n) is 12.1. The van der Waals surface area contributed by atoms with Crippen molar-refractivity contribution in [3.05, 3.63) is 47.2 Å². The number of fused-ring (bicyclic) bond motifs is 7. The van der Waals surface area contributed by atoms with Crippen LogP contribution < -0.4 is 19.9 Å². The molecule has 5 aliphatic heterocycles. The molecule has 0 amide bonds. The standard InChI is InChI=1S/C36H46N6O2/c1-2-23-6-3-7-24-16-28(43)17-32(33(23)24)40-15-12-29-30(21-40)38-35(39-34(29)41-19-26-10-11-27(20-41)37-26)44-22-36-13-5-14-42(36)31-9-4-8-25(31)18-36/h3,6-7,16-17,25-27,31,37,43H,2,4-5,8-15,18-22H2,1H3/t25-,26?,27?,31-,36+/m0/s1. The molecular formula is C36H46N6O2. The summed E-state index contributed by atoms with van der Waals surface area (Å²) in [6, 6.07) is 12.7. The first-order chi connectivity index (χ1) is 21.6. The van der Waals surface area contributed by atoms with Crippen LogP contribution in [0.15, 0.2) is 30.3 Å². The number of nitrogens with zero attached hydrogens (tertiary/aromatic N) is 5. The van der Waals surface area contributed by atoms with Gasteiger partial charge in [0, 0.05) is 60.5 Å². The summed E-state index contributed by atoms with van der Waals surface area (Å²) in [6.45, 7) is 7.70. The first kappa shape index (κ1) is 27.2. The van der Waals surface area contributed by atoms with E-state index in [1.54, 1.807) is 0 Å². The van der Waals surface area contributed by atoms with Crippen molar-refractivity contribution in [2.24, 2.45) is 5.92 Å². The number of benzene rings is 2. The van der Waals surface area contributed by atoms with E-state index in [1.165, 1.54) is 74.4 Å². The number of aromatic hydroxyl groups is 1. The Morgan fingerprint density at radius 3 is 2.77 bits per heavy atom. The Hall–Kier alpha value is -3.10. The molecule has 2 unspecified atom stereocenters. The summed E-state index contributed by atoms with van der Waals surface area (Å²) in [5, 5.41) is 16.9. The molecule has 4 saturated heterocycles. The molecule has 6 aliphatic rings. The summed E-state index contributed by atoms with van der Waals surface area (Å²) < 4.78 is 6.73. The highest BCUT2D eigenvalue weighted by Crippen LogP contribution is 2.51. The molecule has 2 bridgehead atoms. The van der Waals surface area contributed by atoms with Gasteiger partial charge in [0.15, 0.2) is 0 Å². The molecule has 44 heavy (non-hydrogen) atoms. The molecule has 1 aliphatic carbocycles. The fourth-order valence-electron chi connectivity index (χ4n) is 10.2. The zero-order valence-electron chi connectivity index (χ0n) is 26.1. The van der Waals surface area contributed by atoms with Crippen molar-refractivity contribution in [2.45, 2.75) is 101 Å². The van der Waals surface area contributed by atoms with E-state index >= 15 is 0 Å². The van der Waals surface area contributed by atoms with E-state index in [9.17, 15) is 5.11 Å². The number of piperazine rings is 1. The normalized spacial score (nSPS) is 31.0. The summed E-state index contributed by atoms with van der Waals surface area (Å²) in [4.78, 5) is 18.2. The smallest absolute Gasteiger partial charge is 0.318 e. The van der Waals surface area contributed by atoms with E-state index in [-0.39, 0.29) is 5.54 Å². The largest absolute Gasteiger partial charge is 0.508 e. The van der Waals surface area contributed by atoms with Crippen LogP contribution in [0.1, 0.15) is 75.1 Å². The van der Waals surface area contributed by atoms with Crippen LogP contribution in [0, 0.1) is 5.92 Å². The molecule has 1 saturated carbocycles. The highest BCUT2D eigenvalue weighted by atomic mass is 16.5.